The first-order chi connectivity index (χ1) is 9.16. The van der Waals surface area contributed by atoms with Gasteiger partial charge in [-0.15, -0.1) is 0 Å². The minimum absolute atomic E-state index is 0.689. The second kappa shape index (κ2) is 5.28. The number of piperidine rings is 1. The number of nitrogens with zero attached hydrogens (tertiary/aromatic N) is 3. The number of aromatic nitrogens is 2. The minimum Gasteiger partial charge on any atom is -0.332 e. The van der Waals surface area contributed by atoms with E-state index >= 15 is 0 Å². The van der Waals surface area contributed by atoms with Crippen LogP contribution < -0.4 is 0 Å². The molecule has 1 aromatic rings. The number of rotatable bonds is 2. The minimum atomic E-state index is 0.689. The summed E-state index contributed by atoms with van der Waals surface area (Å²) in [5.41, 5.74) is 1.48. The van der Waals surface area contributed by atoms with Crippen LogP contribution in [0.15, 0.2) is 6.20 Å². The maximum Gasteiger partial charge on any atom is 0.112 e. The highest BCUT2D eigenvalue weighted by atomic mass is 15.2. The molecule has 19 heavy (non-hydrogen) atoms. The topological polar surface area (TPSA) is 21.1 Å². The summed E-state index contributed by atoms with van der Waals surface area (Å²) in [6, 6.07) is 0.690. The van der Waals surface area contributed by atoms with E-state index in [1.165, 1.54) is 56.8 Å². The molecule has 0 bridgehead atoms. The van der Waals surface area contributed by atoms with Gasteiger partial charge in [0.05, 0.1) is 0 Å². The smallest absolute Gasteiger partial charge is 0.112 e. The highest BCUT2D eigenvalue weighted by Gasteiger charge is 2.28. The molecule has 2 aliphatic heterocycles. The number of likely N-dealkylation sites (tertiary alicyclic amines) is 1. The zero-order valence-electron chi connectivity index (χ0n) is 12.6. The number of imidazole rings is 1. The van der Waals surface area contributed by atoms with Gasteiger partial charge in [-0.3, -0.25) is 0 Å². The maximum atomic E-state index is 4.79. The molecule has 1 aromatic heterocycles. The van der Waals surface area contributed by atoms with Crippen LogP contribution in [0.2, 0.25) is 0 Å². The highest BCUT2D eigenvalue weighted by molar-refractivity contribution is 5.15. The summed E-state index contributed by atoms with van der Waals surface area (Å²) in [4.78, 5) is 7.38. The van der Waals surface area contributed by atoms with E-state index in [0.717, 1.165) is 0 Å². The molecule has 1 saturated heterocycles. The Morgan fingerprint density at radius 3 is 2.58 bits per heavy atom. The summed E-state index contributed by atoms with van der Waals surface area (Å²) >= 11 is 0. The van der Waals surface area contributed by atoms with Gasteiger partial charge in [-0.2, -0.15) is 0 Å². The van der Waals surface area contributed by atoms with Gasteiger partial charge in [0.15, 0.2) is 0 Å². The van der Waals surface area contributed by atoms with Crippen LogP contribution in [0.3, 0.4) is 0 Å². The normalized spacial score (nSPS) is 25.8. The molecular weight excluding hydrogens is 234 g/mol. The van der Waals surface area contributed by atoms with Gasteiger partial charge in [0.2, 0.25) is 0 Å². The summed E-state index contributed by atoms with van der Waals surface area (Å²) in [6.45, 7) is 10.6. The SMILES string of the molecule is CC1CCCn2c1cnc2C1CCN(C(C)C)CC1. The third-order valence-electron chi connectivity index (χ3n) is 5.07. The van der Waals surface area contributed by atoms with Crippen LogP contribution in [0.4, 0.5) is 0 Å². The molecule has 106 valence electrons. The van der Waals surface area contributed by atoms with Crippen LogP contribution in [-0.2, 0) is 6.54 Å². The van der Waals surface area contributed by atoms with E-state index < -0.39 is 0 Å². The van der Waals surface area contributed by atoms with Crippen LogP contribution in [0.1, 0.15) is 69.8 Å². The monoisotopic (exact) mass is 261 g/mol. The second-order valence-electron chi connectivity index (χ2n) is 6.64. The Morgan fingerprint density at radius 2 is 1.89 bits per heavy atom. The predicted octanol–water partition coefficient (Wildman–Crippen LogP) is 3.37. The molecule has 0 aromatic carbocycles. The molecule has 1 unspecified atom stereocenters. The van der Waals surface area contributed by atoms with Gasteiger partial charge >= 0.3 is 0 Å². The number of fused-ring (bicyclic) bond motifs is 1. The van der Waals surface area contributed by atoms with Gasteiger partial charge < -0.3 is 9.47 Å². The quantitative estimate of drug-likeness (QED) is 0.814. The molecule has 0 saturated carbocycles. The van der Waals surface area contributed by atoms with E-state index in [1.54, 1.807) is 0 Å². The van der Waals surface area contributed by atoms with Crippen molar-refractivity contribution in [2.24, 2.45) is 0 Å². The summed E-state index contributed by atoms with van der Waals surface area (Å²) in [7, 11) is 0. The summed E-state index contributed by atoms with van der Waals surface area (Å²) < 4.78 is 2.53. The molecule has 0 N–H and O–H groups in total. The van der Waals surface area contributed by atoms with E-state index in [9.17, 15) is 0 Å². The summed E-state index contributed by atoms with van der Waals surface area (Å²) in [6.07, 6.45) is 7.36. The lowest BCUT2D eigenvalue weighted by Crippen LogP contribution is -2.38. The molecule has 0 aliphatic carbocycles. The van der Waals surface area contributed by atoms with Crippen LogP contribution in [0.25, 0.3) is 0 Å². The Bertz CT molecular complexity index is 427. The largest absolute Gasteiger partial charge is 0.332 e. The van der Waals surface area contributed by atoms with Crippen molar-refractivity contribution < 1.29 is 0 Å². The third-order valence-corrected chi connectivity index (χ3v) is 5.07. The van der Waals surface area contributed by atoms with Gasteiger partial charge in [0.1, 0.15) is 5.82 Å². The average molecular weight is 261 g/mol. The molecule has 3 rings (SSSR count). The second-order valence-corrected chi connectivity index (χ2v) is 6.64. The number of hydrogen-bond acceptors (Lipinski definition) is 2. The molecule has 3 heteroatoms. The fourth-order valence-electron chi connectivity index (χ4n) is 3.74. The highest BCUT2D eigenvalue weighted by Crippen LogP contribution is 2.33. The Kier molecular flexibility index (Phi) is 3.66. The summed E-state index contributed by atoms with van der Waals surface area (Å²) in [5, 5.41) is 0. The Morgan fingerprint density at radius 1 is 1.16 bits per heavy atom. The van der Waals surface area contributed by atoms with Gasteiger partial charge in [0, 0.05) is 30.4 Å². The molecular formula is C16H27N3. The number of hydrogen-bond donors (Lipinski definition) is 0. The van der Waals surface area contributed by atoms with Crippen molar-refractivity contribution in [3.05, 3.63) is 17.7 Å². The van der Waals surface area contributed by atoms with Crippen molar-refractivity contribution in [1.29, 1.82) is 0 Å². The van der Waals surface area contributed by atoms with Crippen molar-refractivity contribution >= 4 is 0 Å². The standard InChI is InChI=1S/C16H27N3/c1-12(2)18-9-6-14(7-10-18)16-17-11-15-13(3)5-4-8-19(15)16/h11-14H,4-10H2,1-3H3. The van der Waals surface area contributed by atoms with Crippen molar-refractivity contribution in [1.82, 2.24) is 14.5 Å². The fraction of sp³-hybridized carbons (Fsp3) is 0.812. The molecule has 2 aliphatic rings. The van der Waals surface area contributed by atoms with Crippen molar-refractivity contribution in [3.8, 4) is 0 Å². The summed E-state index contributed by atoms with van der Waals surface area (Å²) in [5.74, 6) is 2.77. The van der Waals surface area contributed by atoms with E-state index in [0.29, 0.717) is 17.9 Å². The van der Waals surface area contributed by atoms with Crippen molar-refractivity contribution in [3.63, 3.8) is 0 Å². The molecule has 1 atom stereocenters. The lowest BCUT2D eigenvalue weighted by molar-refractivity contribution is 0.168. The zero-order chi connectivity index (χ0) is 13.4. The van der Waals surface area contributed by atoms with Gasteiger partial charge in [-0.1, -0.05) is 6.92 Å². The molecule has 3 nitrogen and oxygen atoms in total. The van der Waals surface area contributed by atoms with Gasteiger partial charge in [-0.25, -0.2) is 4.98 Å². The first kappa shape index (κ1) is 13.2. The fourth-order valence-corrected chi connectivity index (χ4v) is 3.74. The van der Waals surface area contributed by atoms with Gasteiger partial charge in [0.25, 0.3) is 0 Å². The first-order valence-electron chi connectivity index (χ1n) is 7.96. The van der Waals surface area contributed by atoms with Crippen molar-refractivity contribution in [2.75, 3.05) is 13.1 Å². The zero-order valence-corrected chi connectivity index (χ0v) is 12.6. The van der Waals surface area contributed by atoms with E-state index in [4.69, 9.17) is 4.98 Å². The lowest BCUT2D eigenvalue weighted by Gasteiger charge is -2.35. The maximum absolute atomic E-state index is 4.79. The molecule has 0 amide bonds. The van der Waals surface area contributed by atoms with E-state index in [2.05, 4.69) is 36.4 Å². The Labute approximate surface area is 117 Å². The van der Waals surface area contributed by atoms with Crippen LogP contribution in [-0.4, -0.2) is 33.6 Å². The van der Waals surface area contributed by atoms with Crippen LogP contribution >= 0.6 is 0 Å². The van der Waals surface area contributed by atoms with Crippen LogP contribution in [0.5, 0.6) is 0 Å². The van der Waals surface area contributed by atoms with E-state index in [1.807, 2.05) is 0 Å². The average Bonchev–Trinajstić information content (AvgIpc) is 2.84. The van der Waals surface area contributed by atoms with Gasteiger partial charge in [-0.05, 0) is 58.5 Å². The predicted molar refractivity (Wildman–Crippen MR) is 78.6 cm³/mol. The lowest BCUT2D eigenvalue weighted by atomic mass is 9.94. The van der Waals surface area contributed by atoms with Crippen LogP contribution in [0, 0.1) is 0 Å². The molecule has 0 radical (unpaired) electrons. The van der Waals surface area contributed by atoms with E-state index in [-0.39, 0.29) is 0 Å². The van der Waals surface area contributed by atoms with Crippen molar-refractivity contribution in [2.45, 2.75) is 70.9 Å². The third kappa shape index (κ3) is 2.45. The molecule has 3 heterocycles. The molecule has 0 spiro atoms. The first-order valence-corrected chi connectivity index (χ1v) is 7.96. The Balaban J connectivity index is 1.74. The Hall–Kier alpha value is -0.830. The molecule has 1 fully saturated rings.